The zero-order chi connectivity index (χ0) is 22.9. The van der Waals surface area contributed by atoms with E-state index in [1.54, 1.807) is 27.7 Å². The molecule has 0 aromatic rings. The first-order chi connectivity index (χ1) is 13.3. The zero-order valence-electron chi connectivity index (χ0n) is 17.5. The number of rotatable bonds is 12. The maximum atomic E-state index is 12.5. The van der Waals surface area contributed by atoms with Crippen molar-refractivity contribution in [3.05, 3.63) is 0 Å². The molecule has 0 rings (SSSR count). The summed E-state index contributed by atoms with van der Waals surface area (Å²) in [4.78, 5) is 59.5. The van der Waals surface area contributed by atoms with Crippen LogP contribution < -0.4 is 27.4 Å². The molecule has 0 bridgehead atoms. The minimum Gasteiger partial charge on any atom is -0.480 e. The van der Waals surface area contributed by atoms with Crippen molar-refractivity contribution in [1.82, 2.24) is 16.0 Å². The molecule has 11 nitrogen and oxygen atoms in total. The van der Waals surface area contributed by atoms with Crippen molar-refractivity contribution < 1.29 is 29.1 Å². The largest absolute Gasteiger partial charge is 0.480 e. The van der Waals surface area contributed by atoms with Crippen molar-refractivity contribution in [2.75, 3.05) is 0 Å². The van der Waals surface area contributed by atoms with E-state index in [1.807, 2.05) is 0 Å². The van der Waals surface area contributed by atoms with E-state index in [2.05, 4.69) is 16.0 Å². The fourth-order valence-electron chi connectivity index (χ4n) is 2.32. The number of primary amides is 1. The van der Waals surface area contributed by atoms with Gasteiger partial charge in [-0.15, -0.1) is 0 Å². The van der Waals surface area contributed by atoms with Crippen LogP contribution in [0.4, 0.5) is 0 Å². The number of carboxylic acid groups (broad SMARTS) is 1. The summed E-state index contributed by atoms with van der Waals surface area (Å²) in [7, 11) is 0. The predicted octanol–water partition coefficient (Wildman–Crippen LogP) is -1.55. The van der Waals surface area contributed by atoms with Crippen LogP contribution in [0.1, 0.15) is 47.5 Å². The molecule has 0 aromatic carbocycles. The lowest BCUT2D eigenvalue weighted by Gasteiger charge is -2.25. The van der Waals surface area contributed by atoms with Gasteiger partial charge in [0.15, 0.2) is 0 Å². The number of carbonyl (C=O) groups is 5. The summed E-state index contributed by atoms with van der Waals surface area (Å²) in [6.45, 7) is 8.26. The van der Waals surface area contributed by atoms with Crippen LogP contribution in [0.5, 0.6) is 0 Å². The first-order valence-corrected chi connectivity index (χ1v) is 9.49. The van der Waals surface area contributed by atoms with Crippen LogP contribution in [0.3, 0.4) is 0 Å². The van der Waals surface area contributed by atoms with E-state index < -0.39 is 60.2 Å². The summed E-state index contributed by atoms with van der Waals surface area (Å²) in [5.74, 6) is -4.71. The van der Waals surface area contributed by atoms with E-state index in [0.717, 1.165) is 0 Å². The summed E-state index contributed by atoms with van der Waals surface area (Å²) in [5, 5.41) is 16.3. The molecule has 0 heterocycles. The third kappa shape index (κ3) is 8.90. The number of nitrogens with two attached hydrogens (primary N) is 2. The number of hydrogen-bond donors (Lipinski definition) is 6. The van der Waals surface area contributed by atoms with Gasteiger partial charge in [0.1, 0.15) is 18.1 Å². The SMILES string of the molecule is CCC(C)C(NC(=O)C(C)NC(=O)C(CC(N)=O)NC(=O)C(N)C(C)C)C(=O)O. The van der Waals surface area contributed by atoms with Crippen LogP contribution in [-0.2, 0) is 24.0 Å². The van der Waals surface area contributed by atoms with Gasteiger partial charge in [-0.2, -0.15) is 0 Å². The highest BCUT2D eigenvalue weighted by atomic mass is 16.4. The molecule has 0 aliphatic heterocycles. The summed E-state index contributed by atoms with van der Waals surface area (Å²) in [6.07, 6.45) is 0.0438. The quantitative estimate of drug-likeness (QED) is 0.222. The second-order valence-corrected chi connectivity index (χ2v) is 7.44. The molecule has 4 amide bonds. The third-order valence-electron chi connectivity index (χ3n) is 4.59. The fourth-order valence-corrected chi connectivity index (χ4v) is 2.32. The Labute approximate surface area is 170 Å². The van der Waals surface area contributed by atoms with Crippen LogP contribution in [0, 0.1) is 11.8 Å². The lowest BCUT2D eigenvalue weighted by Crippen LogP contribution is -2.58. The van der Waals surface area contributed by atoms with E-state index in [4.69, 9.17) is 11.5 Å². The van der Waals surface area contributed by atoms with Gasteiger partial charge in [-0.3, -0.25) is 19.2 Å². The number of carboxylic acids is 1. The van der Waals surface area contributed by atoms with Crippen LogP contribution >= 0.6 is 0 Å². The van der Waals surface area contributed by atoms with E-state index in [-0.39, 0.29) is 11.8 Å². The second kappa shape index (κ2) is 12.0. The van der Waals surface area contributed by atoms with Gasteiger partial charge in [-0.25, -0.2) is 4.79 Å². The standard InChI is InChI=1S/C18H33N5O6/c1-6-9(4)14(18(28)29)23-15(25)10(5)21-16(26)11(7-12(19)24)22-17(27)13(20)8(2)3/h8-11,13-14H,6-7,20H2,1-5H3,(H2,19,24)(H,21,26)(H,22,27)(H,23,25)(H,28,29). The molecule has 0 aliphatic carbocycles. The normalized spacial score (nSPS) is 16.1. The van der Waals surface area contributed by atoms with Crippen LogP contribution in [0.2, 0.25) is 0 Å². The van der Waals surface area contributed by atoms with E-state index in [1.165, 1.54) is 6.92 Å². The first-order valence-electron chi connectivity index (χ1n) is 9.49. The van der Waals surface area contributed by atoms with Crippen molar-refractivity contribution in [2.24, 2.45) is 23.3 Å². The number of carbonyl (C=O) groups excluding carboxylic acids is 4. The number of hydrogen-bond acceptors (Lipinski definition) is 6. The Bertz CT molecular complexity index is 624. The van der Waals surface area contributed by atoms with Crippen molar-refractivity contribution in [3.63, 3.8) is 0 Å². The highest BCUT2D eigenvalue weighted by Gasteiger charge is 2.31. The smallest absolute Gasteiger partial charge is 0.326 e. The van der Waals surface area contributed by atoms with Gasteiger partial charge < -0.3 is 32.5 Å². The highest BCUT2D eigenvalue weighted by Crippen LogP contribution is 2.08. The Hall–Kier alpha value is -2.69. The predicted molar refractivity (Wildman–Crippen MR) is 105 cm³/mol. The Morgan fingerprint density at radius 2 is 1.45 bits per heavy atom. The molecule has 0 aliphatic rings. The lowest BCUT2D eigenvalue weighted by molar-refractivity contribution is -0.143. The minimum atomic E-state index is -1.31. The minimum absolute atomic E-state index is 0.203. The molecule has 5 unspecified atom stereocenters. The molecule has 11 heteroatoms. The van der Waals surface area contributed by atoms with Gasteiger partial charge in [0.2, 0.25) is 23.6 Å². The van der Waals surface area contributed by atoms with Crippen molar-refractivity contribution in [1.29, 1.82) is 0 Å². The van der Waals surface area contributed by atoms with Crippen LogP contribution in [0.25, 0.3) is 0 Å². The molecule has 0 spiro atoms. The molecule has 5 atom stereocenters. The fraction of sp³-hybridized carbons (Fsp3) is 0.722. The molecule has 0 aromatic heterocycles. The van der Waals surface area contributed by atoms with E-state index >= 15 is 0 Å². The molecule has 8 N–H and O–H groups in total. The summed E-state index contributed by atoms with van der Waals surface area (Å²) >= 11 is 0. The molecule has 166 valence electrons. The van der Waals surface area contributed by atoms with Gasteiger partial charge in [-0.1, -0.05) is 34.1 Å². The molecular formula is C18H33N5O6. The van der Waals surface area contributed by atoms with Gasteiger partial charge in [-0.05, 0) is 18.8 Å². The van der Waals surface area contributed by atoms with E-state index in [9.17, 15) is 29.1 Å². The Balaban J connectivity index is 5.14. The van der Waals surface area contributed by atoms with Crippen LogP contribution in [0.15, 0.2) is 0 Å². The molecule has 0 saturated heterocycles. The van der Waals surface area contributed by atoms with Gasteiger partial charge in [0, 0.05) is 0 Å². The second-order valence-electron chi connectivity index (χ2n) is 7.44. The van der Waals surface area contributed by atoms with Gasteiger partial charge in [0.25, 0.3) is 0 Å². The molecule has 0 radical (unpaired) electrons. The molecule has 29 heavy (non-hydrogen) atoms. The van der Waals surface area contributed by atoms with Crippen LogP contribution in [-0.4, -0.2) is 58.9 Å². The highest BCUT2D eigenvalue weighted by molar-refractivity contribution is 5.96. The van der Waals surface area contributed by atoms with Crippen molar-refractivity contribution in [3.8, 4) is 0 Å². The molecule has 0 saturated carbocycles. The maximum Gasteiger partial charge on any atom is 0.326 e. The number of amides is 4. The maximum absolute atomic E-state index is 12.5. The number of aliphatic carboxylic acids is 1. The number of nitrogens with one attached hydrogen (secondary N) is 3. The molecule has 0 fully saturated rings. The van der Waals surface area contributed by atoms with Gasteiger partial charge in [0.05, 0.1) is 12.5 Å². The Morgan fingerprint density at radius 1 is 0.897 bits per heavy atom. The summed E-state index contributed by atoms with van der Waals surface area (Å²) in [6, 6.07) is -4.44. The van der Waals surface area contributed by atoms with E-state index in [0.29, 0.717) is 6.42 Å². The monoisotopic (exact) mass is 415 g/mol. The first kappa shape index (κ1) is 26.3. The van der Waals surface area contributed by atoms with Crippen molar-refractivity contribution >= 4 is 29.6 Å². The third-order valence-corrected chi connectivity index (χ3v) is 4.59. The van der Waals surface area contributed by atoms with Crippen molar-refractivity contribution in [2.45, 2.75) is 71.6 Å². The molecular weight excluding hydrogens is 382 g/mol. The average Bonchev–Trinajstić information content (AvgIpc) is 2.62. The van der Waals surface area contributed by atoms with Gasteiger partial charge >= 0.3 is 5.97 Å². The Kier molecular flexibility index (Phi) is 10.9. The topological polar surface area (TPSA) is 194 Å². The average molecular weight is 415 g/mol. The summed E-state index contributed by atoms with van der Waals surface area (Å²) < 4.78 is 0. The lowest BCUT2D eigenvalue weighted by atomic mass is 9.99. The Morgan fingerprint density at radius 3 is 1.86 bits per heavy atom. The summed E-state index contributed by atoms with van der Waals surface area (Å²) in [5.41, 5.74) is 10.9. The zero-order valence-corrected chi connectivity index (χ0v) is 17.5.